The van der Waals surface area contributed by atoms with Gasteiger partial charge in [-0.1, -0.05) is 12.8 Å². The number of carboxylic acid groups (broad SMARTS) is 1. The number of ether oxygens (including phenoxy) is 2. The van der Waals surface area contributed by atoms with E-state index in [0.717, 1.165) is 34.4 Å². The van der Waals surface area contributed by atoms with Crippen molar-refractivity contribution in [2.24, 2.45) is 5.92 Å². The maximum atomic E-state index is 11.5. The van der Waals surface area contributed by atoms with Gasteiger partial charge in [0.15, 0.2) is 11.5 Å². The van der Waals surface area contributed by atoms with Gasteiger partial charge in [-0.3, -0.25) is 0 Å². The summed E-state index contributed by atoms with van der Waals surface area (Å²) in [6, 6.07) is 3.77. The lowest BCUT2D eigenvalue weighted by Crippen LogP contribution is -1.98. The van der Waals surface area contributed by atoms with E-state index >= 15 is 0 Å². The number of benzene rings is 1. The molecule has 112 valence electrons. The van der Waals surface area contributed by atoms with Crippen molar-refractivity contribution in [3.63, 3.8) is 0 Å². The molecule has 0 aliphatic heterocycles. The Morgan fingerprint density at radius 2 is 1.95 bits per heavy atom. The van der Waals surface area contributed by atoms with Crippen molar-refractivity contribution >= 4 is 27.4 Å². The molecule has 3 rings (SSSR count). The molecule has 21 heavy (non-hydrogen) atoms. The van der Waals surface area contributed by atoms with Gasteiger partial charge in [0.2, 0.25) is 0 Å². The fraction of sp³-hybridized carbons (Fsp3) is 0.438. The van der Waals surface area contributed by atoms with Crippen LogP contribution in [0.2, 0.25) is 0 Å². The normalized spacial score (nSPS) is 14.4. The van der Waals surface area contributed by atoms with Crippen LogP contribution in [0.3, 0.4) is 0 Å². The highest BCUT2D eigenvalue weighted by Gasteiger charge is 2.24. The van der Waals surface area contributed by atoms with Crippen LogP contribution < -0.4 is 9.47 Å². The third-order valence-corrected chi connectivity index (χ3v) is 5.17. The summed E-state index contributed by atoms with van der Waals surface area (Å²) in [6.45, 7) is 0. The molecule has 0 unspecified atom stereocenters. The molecule has 0 bridgehead atoms. The second-order valence-corrected chi connectivity index (χ2v) is 6.45. The number of aromatic carboxylic acids is 1. The van der Waals surface area contributed by atoms with E-state index in [4.69, 9.17) is 9.47 Å². The molecule has 1 saturated carbocycles. The van der Waals surface area contributed by atoms with Crippen molar-refractivity contribution < 1.29 is 19.4 Å². The summed E-state index contributed by atoms with van der Waals surface area (Å²) in [6.07, 6.45) is 4.45. The van der Waals surface area contributed by atoms with E-state index in [-0.39, 0.29) is 0 Å². The third-order valence-electron chi connectivity index (χ3n) is 3.99. The number of thiophene rings is 1. The van der Waals surface area contributed by atoms with Crippen molar-refractivity contribution in [1.82, 2.24) is 0 Å². The first-order chi connectivity index (χ1) is 10.1. The number of fused-ring (bicyclic) bond motifs is 1. The van der Waals surface area contributed by atoms with E-state index in [1.165, 1.54) is 24.2 Å². The Balaban J connectivity index is 2.10. The number of aryl methyl sites for hydroxylation is 1. The fourth-order valence-electron chi connectivity index (χ4n) is 2.65. The van der Waals surface area contributed by atoms with E-state index < -0.39 is 5.97 Å². The Kier molecular flexibility index (Phi) is 3.76. The zero-order valence-corrected chi connectivity index (χ0v) is 13.0. The maximum absolute atomic E-state index is 11.5. The molecular formula is C16H18O4S. The third kappa shape index (κ3) is 2.70. The van der Waals surface area contributed by atoms with Gasteiger partial charge in [0.05, 0.1) is 14.2 Å². The van der Waals surface area contributed by atoms with Crippen LogP contribution in [-0.4, -0.2) is 25.3 Å². The second kappa shape index (κ2) is 5.56. The summed E-state index contributed by atoms with van der Waals surface area (Å²) in [7, 11) is 3.18. The number of hydrogen-bond acceptors (Lipinski definition) is 4. The van der Waals surface area contributed by atoms with E-state index in [0.29, 0.717) is 16.4 Å². The molecule has 1 heterocycles. The van der Waals surface area contributed by atoms with Crippen LogP contribution in [0.5, 0.6) is 11.5 Å². The van der Waals surface area contributed by atoms with Crippen LogP contribution in [0.15, 0.2) is 12.1 Å². The topological polar surface area (TPSA) is 55.8 Å². The lowest BCUT2D eigenvalue weighted by molar-refractivity contribution is 0.0701. The number of carboxylic acids is 1. The van der Waals surface area contributed by atoms with Crippen molar-refractivity contribution in [1.29, 1.82) is 0 Å². The van der Waals surface area contributed by atoms with Gasteiger partial charge in [-0.15, -0.1) is 11.3 Å². The number of carbonyl (C=O) groups is 1. The minimum atomic E-state index is -0.847. The van der Waals surface area contributed by atoms with Crippen LogP contribution in [0, 0.1) is 5.92 Å². The number of rotatable bonds is 6. The van der Waals surface area contributed by atoms with Gasteiger partial charge in [0, 0.05) is 16.2 Å². The highest BCUT2D eigenvalue weighted by atomic mass is 32.1. The smallest absolute Gasteiger partial charge is 0.346 e. The summed E-state index contributed by atoms with van der Waals surface area (Å²) in [5.41, 5.74) is 0.940. The first-order valence-electron chi connectivity index (χ1n) is 7.04. The molecule has 5 heteroatoms. The average molecular weight is 306 g/mol. The second-order valence-electron chi connectivity index (χ2n) is 5.40. The molecule has 0 spiro atoms. The van der Waals surface area contributed by atoms with Crippen molar-refractivity contribution in [2.45, 2.75) is 25.7 Å². The monoisotopic (exact) mass is 306 g/mol. The van der Waals surface area contributed by atoms with Gasteiger partial charge in [-0.05, 0) is 30.4 Å². The predicted octanol–water partition coefficient (Wildman–Crippen LogP) is 3.96. The van der Waals surface area contributed by atoms with Crippen molar-refractivity contribution in [2.75, 3.05) is 14.2 Å². The van der Waals surface area contributed by atoms with Gasteiger partial charge in [-0.25, -0.2) is 4.79 Å². The standard InChI is InChI=1S/C16H18O4S/c1-19-12-7-11-10(6-5-9-3-4-9)15(16(17)18)21-14(11)8-13(12)20-2/h7-9H,3-6H2,1-2H3,(H,17,18). The Bertz CT molecular complexity index is 685. The summed E-state index contributed by atoms with van der Waals surface area (Å²) in [5, 5.41) is 10.4. The van der Waals surface area contributed by atoms with Crippen LogP contribution in [0.4, 0.5) is 0 Å². The van der Waals surface area contributed by atoms with Crippen LogP contribution in [-0.2, 0) is 6.42 Å². The minimum Gasteiger partial charge on any atom is -0.493 e. The fourth-order valence-corrected chi connectivity index (χ4v) is 3.75. The molecule has 1 N–H and O–H groups in total. The van der Waals surface area contributed by atoms with Gasteiger partial charge >= 0.3 is 5.97 Å². The molecule has 1 fully saturated rings. The van der Waals surface area contributed by atoms with Gasteiger partial charge < -0.3 is 14.6 Å². The highest BCUT2D eigenvalue weighted by molar-refractivity contribution is 7.21. The SMILES string of the molecule is COc1cc2sc(C(=O)O)c(CCC3CC3)c2cc1OC. The quantitative estimate of drug-likeness (QED) is 0.877. The highest BCUT2D eigenvalue weighted by Crippen LogP contribution is 2.41. The zero-order valence-electron chi connectivity index (χ0n) is 12.1. The van der Waals surface area contributed by atoms with Crippen molar-refractivity contribution in [3.05, 3.63) is 22.6 Å². The average Bonchev–Trinajstić information content (AvgIpc) is 3.24. The number of hydrogen-bond donors (Lipinski definition) is 1. The molecule has 0 amide bonds. The Labute approximate surface area is 127 Å². The predicted molar refractivity (Wildman–Crippen MR) is 82.9 cm³/mol. The van der Waals surface area contributed by atoms with Gasteiger partial charge in [-0.2, -0.15) is 0 Å². The van der Waals surface area contributed by atoms with Crippen LogP contribution >= 0.6 is 11.3 Å². The zero-order chi connectivity index (χ0) is 15.0. The summed E-state index contributed by atoms with van der Waals surface area (Å²) >= 11 is 1.32. The Morgan fingerprint density at radius 3 is 2.52 bits per heavy atom. The lowest BCUT2D eigenvalue weighted by atomic mass is 10.0. The molecule has 1 aromatic heterocycles. The Morgan fingerprint density at radius 1 is 1.29 bits per heavy atom. The number of methoxy groups -OCH3 is 2. The summed E-state index contributed by atoms with van der Waals surface area (Å²) < 4.78 is 11.6. The van der Waals surface area contributed by atoms with Crippen molar-refractivity contribution in [3.8, 4) is 11.5 Å². The summed E-state index contributed by atoms with van der Waals surface area (Å²) in [4.78, 5) is 12.0. The van der Waals surface area contributed by atoms with E-state index in [1.807, 2.05) is 12.1 Å². The van der Waals surface area contributed by atoms with E-state index in [9.17, 15) is 9.90 Å². The molecular weight excluding hydrogens is 288 g/mol. The van der Waals surface area contributed by atoms with Gasteiger partial charge in [0.25, 0.3) is 0 Å². The minimum absolute atomic E-state index is 0.445. The first kappa shape index (κ1) is 14.2. The molecule has 2 aromatic rings. The Hall–Kier alpha value is -1.75. The maximum Gasteiger partial charge on any atom is 0.346 e. The van der Waals surface area contributed by atoms with E-state index in [2.05, 4.69) is 0 Å². The molecule has 0 atom stereocenters. The first-order valence-corrected chi connectivity index (χ1v) is 7.86. The largest absolute Gasteiger partial charge is 0.493 e. The molecule has 1 aromatic carbocycles. The van der Waals surface area contributed by atoms with Crippen LogP contribution in [0.25, 0.3) is 10.1 Å². The van der Waals surface area contributed by atoms with Crippen LogP contribution in [0.1, 0.15) is 34.5 Å². The van der Waals surface area contributed by atoms with E-state index in [1.54, 1.807) is 14.2 Å². The molecule has 1 aliphatic carbocycles. The summed E-state index contributed by atoms with van der Waals surface area (Å²) in [5.74, 6) is 1.21. The molecule has 4 nitrogen and oxygen atoms in total. The molecule has 0 radical (unpaired) electrons. The lowest BCUT2D eigenvalue weighted by Gasteiger charge is -2.08. The van der Waals surface area contributed by atoms with Gasteiger partial charge in [0.1, 0.15) is 4.88 Å². The molecule has 1 aliphatic rings. The molecule has 0 saturated heterocycles.